The second-order valence-corrected chi connectivity index (χ2v) is 3.42. The first kappa shape index (κ1) is 12.7. The lowest BCUT2D eigenvalue weighted by molar-refractivity contribution is -0.137. The van der Waals surface area contributed by atoms with E-state index in [0.29, 0.717) is 11.6 Å². The van der Waals surface area contributed by atoms with E-state index in [1.807, 2.05) is 0 Å². The first-order chi connectivity index (χ1) is 7.32. The van der Waals surface area contributed by atoms with Gasteiger partial charge in [0.15, 0.2) is 0 Å². The SMILES string of the molecule is C/C(=C/c1cc(F)cc(C(F)(F)F)c1)CO. The van der Waals surface area contributed by atoms with Crippen LogP contribution in [0, 0.1) is 5.82 Å². The van der Waals surface area contributed by atoms with Gasteiger partial charge in [0.2, 0.25) is 0 Å². The van der Waals surface area contributed by atoms with Crippen molar-refractivity contribution in [3.05, 3.63) is 40.7 Å². The molecule has 0 unspecified atom stereocenters. The van der Waals surface area contributed by atoms with E-state index in [2.05, 4.69) is 0 Å². The molecule has 0 aromatic heterocycles. The van der Waals surface area contributed by atoms with Crippen LogP contribution < -0.4 is 0 Å². The third-order valence-electron chi connectivity index (χ3n) is 1.91. The summed E-state index contributed by atoms with van der Waals surface area (Å²) in [5, 5.41) is 8.71. The summed E-state index contributed by atoms with van der Waals surface area (Å²) in [5.74, 6) is -0.952. The fourth-order valence-corrected chi connectivity index (χ4v) is 1.19. The third-order valence-corrected chi connectivity index (χ3v) is 1.91. The van der Waals surface area contributed by atoms with Crippen molar-refractivity contribution < 1.29 is 22.7 Å². The van der Waals surface area contributed by atoms with Crippen LogP contribution in [0.15, 0.2) is 23.8 Å². The Bertz CT molecular complexity index is 407. The molecule has 0 heterocycles. The number of hydrogen-bond acceptors (Lipinski definition) is 1. The number of benzene rings is 1. The van der Waals surface area contributed by atoms with Gasteiger partial charge in [-0.25, -0.2) is 4.39 Å². The molecule has 0 aliphatic carbocycles. The molecule has 0 aliphatic heterocycles. The number of halogens is 4. The predicted octanol–water partition coefficient (Wildman–Crippen LogP) is 3.24. The minimum atomic E-state index is -4.57. The number of alkyl halides is 3. The van der Waals surface area contributed by atoms with Gasteiger partial charge in [0.25, 0.3) is 0 Å². The number of hydrogen-bond donors (Lipinski definition) is 1. The van der Waals surface area contributed by atoms with E-state index >= 15 is 0 Å². The predicted molar refractivity (Wildman–Crippen MR) is 52.1 cm³/mol. The Morgan fingerprint density at radius 2 is 1.94 bits per heavy atom. The van der Waals surface area contributed by atoms with Crippen molar-refractivity contribution in [2.75, 3.05) is 6.61 Å². The first-order valence-corrected chi connectivity index (χ1v) is 4.49. The molecule has 16 heavy (non-hydrogen) atoms. The van der Waals surface area contributed by atoms with Gasteiger partial charge in [-0.05, 0) is 36.3 Å². The molecular weight excluding hydrogens is 224 g/mol. The van der Waals surface area contributed by atoms with E-state index in [-0.39, 0.29) is 12.2 Å². The molecule has 1 N–H and O–H groups in total. The van der Waals surface area contributed by atoms with Gasteiger partial charge in [-0.2, -0.15) is 13.2 Å². The molecule has 0 saturated heterocycles. The highest BCUT2D eigenvalue weighted by Gasteiger charge is 2.31. The van der Waals surface area contributed by atoms with Crippen LogP contribution in [-0.2, 0) is 6.18 Å². The van der Waals surface area contributed by atoms with E-state index in [9.17, 15) is 17.6 Å². The van der Waals surface area contributed by atoms with Crippen molar-refractivity contribution in [1.29, 1.82) is 0 Å². The minimum absolute atomic E-state index is 0.0823. The molecule has 0 aliphatic rings. The van der Waals surface area contributed by atoms with Crippen molar-refractivity contribution in [1.82, 2.24) is 0 Å². The Kier molecular flexibility index (Phi) is 3.70. The third kappa shape index (κ3) is 3.34. The molecule has 0 saturated carbocycles. The van der Waals surface area contributed by atoms with Crippen molar-refractivity contribution in [2.45, 2.75) is 13.1 Å². The van der Waals surface area contributed by atoms with Gasteiger partial charge >= 0.3 is 6.18 Å². The smallest absolute Gasteiger partial charge is 0.392 e. The second kappa shape index (κ2) is 4.65. The number of aliphatic hydroxyl groups excluding tert-OH is 1. The van der Waals surface area contributed by atoms with Gasteiger partial charge in [-0.1, -0.05) is 6.08 Å². The normalized spacial score (nSPS) is 13.0. The Morgan fingerprint density at radius 1 is 1.31 bits per heavy atom. The van der Waals surface area contributed by atoms with Crippen LogP contribution in [0.5, 0.6) is 0 Å². The zero-order valence-electron chi connectivity index (χ0n) is 8.48. The van der Waals surface area contributed by atoms with Gasteiger partial charge in [0, 0.05) is 0 Å². The van der Waals surface area contributed by atoms with Gasteiger partial charge in [-0.15, -0.1) is 0 Å². The first-order valence-electron chi connectivity index (χ1n) is 4.49. The standard InChI is InChI=1S/C11H10F4O/c1-7(6-16)2-8-3-9(11(13,14)15)5-10(12)4-8/h2-5,16H,6H2,1H3/b7-2-. The Balaban J connectivity index is 3.19. The lowest BCUT2D eigenvalue weighted by Gasteiger charge is -2.08. The van der Waals surface area contributed by atoms with E-state index in [1.54, 1.807) is 0 Å². The van der Waals surface area contributed by atoms with Crippen LogP contribution in [0.1, 0.15) is 18.1 Å². The van der Waals surface area contributed by atoms with Crippen LogP contribution in [0.4, 0.5) is 17.6 Å². The van der Waals surface area contributed by atoms with Crippen molar-refractivity contribution in [3.63, 3.8) is 0 Å². The fourth-order valence-electron chi connectivity index (χ4n) is 1.19. The number of rotatable bonds is 2. The molecule has 0 radical (unpaired) electrons. The molecule has 0 amide bonds. The molecule has 5 heteroatoms. The Morgan fingerprint density at radius 3 is 2.44 bits per heavy atom. The molecule has 1 nitrogen and oxygen atoms in total. The summed E-state index contributed by atoms with van der Waals surface area (Å²) in [6, 6.07) is 2.25. The van der Waals surface area contributed by atoms with Crippen LogP contribution >= 0.6 is 0 Å². The lowest BCUT2D eigenvalue weighted by Crippen LogP contribution is -2.05. The summed E-state index contributed by atoms with van der Waals surface area (Å²) in [7, 11) is 0. The summed E-state index contributed by atoms with van der Waals surface area (Å²) in [6.07, 6.45) is -3.27. The van der Waals surface area contributed by atoms with Gasteiger partial charge in [-0.3, -0.25) is 0 Å². The van der Waals surface area contributed by atoms with Crippen molar-refractivity contribution >= 4 is 6.08 Å². The second-order valence-electron chi connectivity index (χ2n) is 3.42. The molecule has 0 bridgehead atoms. The number of aliphatic hydroxyl groups is 1. The average Bonchev–Trinajstić information content (AvgIpc) is 2.15. The maximum Gasteiger partial charge on any atom is 0.416 e. The van der Waals surface area contributed by atoms with Crippen LogP contribution in [0.3, 0.4) is 0 Å². The molecule has 0 atom stereocenters. The lowest BCUT2D eigenvalue weighted by atomic mass is 10.1. The Labute approximate surface area is 90.0 Å². The molecule has 0 spiro atoms. The molecule has 0 fully saturated rings. The van der Waals surface area contributed by atoms with Gasteiger partial charge < -0.3 is 5.11 Å². The topological polar surface area (TPSA) is 20.2 Å². The summed E-state index contributed by atoms with van der Waals surface area (Å²) >= 11 is 0. The summed E-state index contributed by atoms with van der Waals surface area (Å²) in [4.78, 5) is 0. The van der Waals surface area contributed by atoms with Gasteiger partial charge in [0.05, 0.1) is 12.2 Å². The molecule has 88 valence electrons. The molecule has 1 rings (SSSR count). The molecule has 1 aromatic carbocycles. The largest absolute Gasteiger partial charge is 0.416 e. The quantitative estimate of drug-likeness (QED) is 0.779. The zero-order valence-corrected chi connectivity index (χ0v) is 8.48. The summed E-state index contributed by atoms with van der Waals surface area (Å²) in [6.45, 7) is 1.26. The monoisotopic (exact) mass is 234 g/mol. The fraction of sp³-hybridized carbons (Fsp3) is 0.273. The van der Waals surface area contributed by atoms with Crippen molar-refractivity contribution in [2.24, 2.45) is 0 Å². The van der Waals surface area contributed by atoms with E-state index in [0.717, 1.165) is 12.1 Å². The van der Waals surface area contributed by atoms with Crippen molar-refractivity contribution in [3.8, 4) is 0 Å². The maximum absolute atomic E-state index is 12.9. The van der Waals surface area contributed by atoms with E-state index < -0.39 is 17.6 Å². The average molecular weight is 234 g/mol. The summed E-state index contributed by atoms with van der Waals surface area (Å²) < 4.78 is 49.9. The van der Waals surface area contributed by atoms with Crippen LogP contribution in [0.2, 0.25) is 0 Å². The Hall–Kier alpha value is -1.36. The van der Waals surface area contributed by atoms with E-state index in [1.165, 1.54) is 13.0 Å². The highest BCUT2D eigenvalue weighted by atomic mass is 19.4. The highest BCUT2D eigenvalue weighted by molar-refractivity contribution is 5.54. The van der Waals surface area contributed by atoms with Crippen LogP contribution in [-0.4, -0.2) is 11.7 Å². The minimum Gasteiger partial charge on any atom is -0.392 e. The van der Waals surface area contributed by atoms with Crippen LogP contribution in [0.25, 0.3) is 6.08 Å². The molecular formula is C11H10F4O. The summed E-state index contributed by atoms with van der Waals surface area (Å²) in [5.41, 5.74) is -0.498. The highest BCUT2D eigenvalue weighted by Crippen LogP contribution is 2.30. The van der Waals surface area contributed by atoms with Gasteiger partial charge in [0.1, 0.15) is 5.82 Å². The zero-order chi connectivity index (χ0) is 12.3. The maximum atomic E-state index is 12.9. The van der Waals surface area contributed by atoms with E-state index in [4.69, 9.17) is 5.11 Å². The molecule has 1 aromatic rings.